The van der Waals surface area contributed by atoms with Gasteiger partial charge in [-0.2, -0.15) is 0 Å². The first-order valence-corrected chi connectivity index (χ1v) is 6.76. The van der Waals surface area contributed by atoms with Crippen LogP contribution < -0.4 is 10.6 Å². The first-order valence-electron chi connectivity index (χ1n) is 6.76. The molecule has 2 N–H and O–H groups in total. The van der Waals surface area contributed by atoms with Gasteiger partial charge in [-0.1, -0.05) is 13.3 Å². The number of hydrogen-bond acceptors (Lipinski definition) is 5. The van der Waals surface area contributed by atoms with Gasteiger partial charge in [-0.25, -0.2) is 4.98 Å². The van der Waals surface area contributed by atoms with E-state index in [9.17, 15) is 14.9 Å². The third-order valence-corrected chi connectivity index (χ3v) is 3.44. The molecule has 1 heterocycles. The van der Waals surface area contributed by atoms with Crippen LogP contribution in [0.15, 0.2) is 12.3 Å². The van der Waals surface area contributed by atoms with Crippen LogP contribution >= 0.6 is 0 Å². The third-order valence-electron chi connectivity index (χ3n) is 3.44. The number of nitro groups is 1. The van der Waals surface area contributed by atoms with Crippen molar-refractivity contribution in [2.45, 2.75) is 32.7 Å². The lowest BCUT2D eigenvalue weighted by molar-refractivity contribution is -0.385. The van der Waals surface area contributed by atoms with Crippen molar-refractivity contribution in [3.05, 3.63) is 27.9 Å². The molecule has 1 fully saturated rings. The summed E-state index contributed by atoms with van der Waals surface area (Å²) in [5.41, 5.74) is 0.0439. The number of hydrogen-bond donors (Lipinski definition) is 2. The van der Waals surface area contributed by atoms with E-state index in [1.165, 1.54) is 6.07 Å². The van der Waals surface area contributed by atoms with Crippen LogP contribution in [-0.4, -0.2) is 28.4 Å². The average Bonchev–Trinajstić information content (AvgIpc) is 3.17. The van der Waals surface area contributed by atoms with Crippen molar-refractivity contribution in [2.24, 2.45) is 5.92 Å². The molecule has 1 aromatic heterocycles. The van der Waals surface area contributed by atoms with Gasteiger partial charge in [0.1, 0.15) is 12.0 Å². The quantitative estimate of drug-likeness (QED) is 0.612. The number of amides is 1. The highest BCUT2D eigenvalue weighted by Gasteiger charge is 2.37. The second kappa shape index (κ2) is 5.85. The van der Waals surface area contributed by atoms with E-state index in [1.54, 1.807) is 0 Å². The lowest BCUT2D eigenvalue weighted by atomic mass is 10.2. The van der Waals surface area contributed by atoms with Gasteiger partial charge in [0.25, 0.3) is 11.6 Å². The molecule has 0 saturated heterocycles. The Morgan fingerprint density at radius 1 is 1.55 bits per heavy atom. The van der Waals surface area contributed by atoms with Gasteiger partial charge in [0, 0.05) is 18.7 Å². The Hall–Kier alpha value is -2.18. The monoisotopic (exact) mass is 278 g/mol. The van der Waals surface area contributed by atoms with Gasteiger partial charge in [-0.15, -0.1) is 0 Å². The molecule has 0 radical (unpaired) electrons. The van der Waals surface area contributed by atoms with E-state index in [2.05, 4.69) is 22.5 Å². The maximum absolute atomic E-state index is 12.2. The number of nitrogens with zero attached hydrogens (tertiary/aromatic N) is 2. The molecule has 1 aliphatic carbocycles. The normalized spacial score (nSPS) is 20.3. The Bertz CT molecular complexity index is 532. The molecule has 2 unspecified atom stereocenters. The van der Waals surface area contributed by atoms with Gasteiger partial charge in [0.2, 0.25) is 0 Å². The molecular weight excluding hydrogens is 260 g/mol. The molecular formula is C13H18N4O3. The summed E-state index contributed by atoms with van der Waals surface area (Å²) in [6.45, 7) is 4.54. The zero-order valence-corrected chi connectivity index (χ0v) is 11.5. The van der Waals surface area contributed by atoms with Crippen molar-refractivity contribution >= 4 is 17.4 Å². The smallest absolute Gasteiger partial charge is 0.288 e. The fourth-order valence-corrected chi connectivity index (χ4v) is 2.16. The van der Waals surface area contributed by atoms with Crippen molar-refractivity contribution in [1.29, 1.82) is 0 Å². The Balaban J connectivity index is 2.20. The molecule has 0 aliphatic heterocycles. The van der Waals surface area contributed by atoms with E-state index in [0.29, 0.717) is 18.3 Å². The van der Waals surface area contributed by atoms with Crippen LogP contribution in [0.1, 0.15) is 37.0 Å². The summed E-state index contributed by atoms with van der Waals surface area (Å²) in [4.78, 5) is 26.4. The molecule has 1 aromatic rings. The number of carbonyl (C=O) groups excluding carboxylic acids is 1. The maximum atomic E-state index is 12.2. The van der Waals surface area contributed by atoms with Crippen LogP contribution in [0.2, 0.25) is 0 Å². The summed E-state index contributed by atoms with van der Waals surface area (Å²) >= 11 is 0. The standard InChI is InChI=1S/C13H18N4O3/c1-3-8-5-11(8)16-13(18)10-6-9(17(19)20)7-15-12(10)14-4-2/h6-8,11H,3-5H2,1-2H3,(H,14,15)(H,16,18). The first kappa shape index (κ1) is 14.2. The highest BCUT2D eigenvalue weighted by atomic mass is 16.6. The largest absolute Gasteiger partial charge is 0.370 e. The van der Waals surface area contributed by atoms with Gasteiger partial charge in [-0.05, 0) is 19.3 Å². The lowest BCUT2D eigenvalue weighted by Gasteiger charge is -2.09. The highest BCUT2D eigenvalue weighted by Crippen LogP contribution is 2.33. The Morgan fingerprint density at radius 3 is 2.85 bits per heavy atom. The lowest BCUT2D eigenvalue weighted by Crippen LogP contribution is -2.28. The van der Waals surface area contributed by atoms with Crippen LogP contribution in [0.5, 0.6) is 0 Å². The zero-order chi connectivity index (χ0) is 14.7. The topological polar surface area (TPSA) is 97.2 Å². The van der Waals surface area contributed by atoms with E-state index < -0.39 is 4.92 Å². The second-order valence-electron chi connectivity index (χ2n) is 4.86. The van der Waals surface area contributed by atoms with E-state index in [0.717, 1.165) is 19.0 Å². The molecule has 7 nitrogen and oxygen atoms in total. The van der Waals surface area contributed by atoms with Crippen LogP contribution in [0.3, 0.4) is 0 Å². The molecule has 108 valence electrons. The Morgan fingerprint density at radius 2 is 2.30 bits per heavy atom. The molecule has 20 heavy (non-hydrogen) atoms. The molecule has 1 saturated carbocycles. The summed E-state index contributed by atoms with van der Waals surface area (Å²) in [5, 5.41) is 16.6. The fraction of sp³-hybridized carbons (Fsp3) is 0.538. The summed E-state index contributed by atoms with van der Waals surface area (Å²) in [5.74, 6) is 0.593. The van der Waals surface area contributed by atoms with E-state index in [-0.39, 0.29) is 23.2 Å². The number of pyridine rings is 1. The second-order valence-corrected chi connectivity index (χ2v) is 4.86. The highest BCUT2D eigenvalue weighted by molar-refractivity contribution is 5.99. The van der Waals surface area contributed by atoms with Crippen LogP contribution in [-0.2, 0) is 0 Å². The van der Waals surface area contributed by atoms with E-state index >= 15 is 0 Å². The number of aromatic nitrogens is 1. The molecule has 7 heteroatoms. The van der Waals surface area contributed by atoms with Crippen molar-refractivity contribution in [1.82, 2.24) is 10.3 Å². The molecule has 0 bridgehead atoms. The number of rotatable bonds is 6. The predicted molar refractivity (Wildman–Crippen MR) is 74.7 cm³/mol. The Labute approximate surface area is 116 Å². The molecule has 1 aliphatic rings. The summed E-state index contributed by atoms with van der Waals surface area (Å²) in [7, 11) is 0. The number of carbonyl (C=O) groups is 1. The Kier molecular flexibility index (Phi) is 4.16. The third kappa shape index (κ3) is 3.04. The van der Waals surface area contributed by atoms with Crippen LogP contribution in [0.4, 0.5) is 11.5 Å². The van der Waals surface area contributed by atoms with Crippen molar-refractivity contribution in [3.63, 3.8) is 0 Å². The first-order chi connectivity index (χ1) is 9.56. The van der Waals surface area contributed by atoms with Gasteiger partial charge >= 0.3 is 0 Å². The summed E-state index contributed by atoms with van der Waals surface area (Å²) < 4.78 is 0. The molecule has 2 rings (SSSR count). The zero-order valence-electron chi connectivity index (χ0n) is 11.5. The molecule has 1 amide bonds. The van der Waals surface area contributed by atoms with Gasteiger partial charge in [0.05, 0.1) is 10.5 Å². The van der Waals surface area contributed by atoms with Crippen molar-refractivity contribution < 1.29 is 9.72 Å². The SMILES string of the molecule is CCNc1ncc([N+](=O)[O-])cc1C(=O)NC1CC1CC. The van der Waals surface area contributed by atoms with Gasteiger partial charge < -0.3 is 10.6 Å². The maximum Gasteiger partial charge on any atom is 0.288 e. The van der Waals surface area contributed by atoms with Crippen LogP contribution in [0, 0.1) is 16.0 Å². The van der Waals surface area contributed by atoms with Crippen LogP contribution in [0.25, 0.3) is 0 Å². The minimum atomic E-state index is -0.550. The van der Waals surface area contributed by atoms with Crippen molar-refractivity contribution in [2.75, 3.05) is 11.9 Å². The van der Waals surface area contributed by atoms with E-state index in [1.807, 2.05) is 6.92 Å². The predicted octanol–water partition coefficient (Wildman–Crippen LogP) is 1.95. The fourth-order valence-electron chi connectivity index (χ4n) is 2.16. The summed E-state index contributed by atoms with van der Waals surface area (Å²) in [6, 6.07) is 1.45. The van der Waals surface area contributed by atoms with Crippen molar-refractivity contribution in [3.8, 4) is 0 Å². The van der Waals surface area contributed by atoms with E-state index in [4.69, 9.17) is 0 Å². The molecule has 0 aromatic carbocycles. The molecule has 2 atom stereocenters. The van der Waals surface area contributed by atoms with Gasteiger partial charge in [-0.3, -0.25) is 14.9 Å². The average molecular weight is 278 g/mol. The van der Waals surface area contributed by atoms with Gasteiger partial charge in [0.15, 0.2) is 0 Å². The minimum absolute atomic E-state index is 0.181. The molecule has 0 spiro atoms. The number of anilines is 1. The number of nitrogens with one attached hydrogen (secondary N) is 2. The summed E-state index contributed by atoms with van der Waals surface area (Å²) in [6.07, 6.45) is 3.15. The minimum Gasteiger partial charge on any atom is -0.370 e.